The third kappa shape index (κ3) is 5.13. The number of aromatic nitrogens is 1. The largest absolute Gasteiger partial charge is 0.482 e. The molecule has 1 aromatic carbocycles. The van der Waals surface area contributed by atoms with Gasteiger partial charge < -0.3 is 19.3 Å². The topological polar surface area (TPSA) is 124 Å². The van der Waals surface area contributed by atoms with Gasteiger partial charge in [0.15, 0.2) is 18.1 Å². The van der Waals surface area contributed by atoms with Crippen LogP contribution in [0.3, 0.4) is 0 Å². The van der Waals surface area contributed by atoms with E-state index in [1.54, 1.807) is 0 Å². The van der Waals surface area contributed by atoms with Crippen LogP contribution in [0.4, 0.5) is 5.69 Å². The molecule has 2 heterocycles. The van der Waals surface area contributed by atoms with Gasteiger partial charge >= 0.3 is 5.97 Å². The van der Waals surface area contributed by atoms with Crippen molar-refractivity contribution in [3.63, 3.8) is 0 Å². The number of carbonyl (C=O) groups is 1. The van der Waals surface area contributed by atoms with Gasteiger partial charge in [-0.3, -0.25) is 9.52 Å². The van der Waals surface area contributed by atoms with Crippen molar-refractivity contribution in [3.05, 3.63) is 41.2 Å². The van der Waals surface area contributed by atoms with Gasteiger partial charge in [-0.2, -0.15) is 0 Å². The zero-order chi connectivity index (χ0) is 21.7. The minimum absolute atomic E-state index is 0.0112. The molecule has 2 aromatic rings. The SMILES string of the molecule is COC(=O)CCC#Cc1nc(Cl)ccc1NS(=O)(=O)c1cccc2c1OCC(O)O2. The summed E-state index contributed by atoms with van der Waals surface area (Å²) in [7, 11) is -2.84. The summed E-state index contributed by atoms with van der Waals surface area (Å²) in [5.41, 5.74) is 0.188. The number of anilines is 1. The summed E-state index contributed by atoms with van der Waals surface area (Å²) in [6.07, 6.45) is -0.896. The summed E-state index contributed by atoms with van der Waals surface area (Å²) in [5.74, 6) is 5.12. The van der Waals surface area contributed by atoms with Crippen molar-refractivity contribution in [2.24, 2.45) is 0 Å². The van der Waals surface area contributed by atoms with Crippen molar-refractivity contribution in [1.82, 2.24) is 4.98 Å². The van der Waals surface area contributed by atoms with Crippen molar-refractivity contribution in [2.45, 2.75) is 24.0 Å². The predicted octanol–water partition coefficient (Wildman–Crippen LogP) is 1.93. The molecule has 0 saturated heterocycles. The normalized spacial score (nSPS) is 15.0. The highest BCUT2D eigenvalue weighted by atomic mass is 35.5. The van der Waals surface area contributed by atoms with E-state index in [0.29, 0.717) is 0 Å². The lowest BCUT2D eigenvalue weighted by molar-refractivity contribution is -0.140. The molecule has 30 heavy (non-hydrogen) atoms. The number of hydrogen-bond donors (Lipinski definition) is 2. The highest BCUT2D eigenvalue weighted by molar-refractivity contribution is 7.92. The van der Waals surface area contributed by atoms with Crippen molar-refractivity contribution in [2.75, 3.05) is 18.4 Å². The number of benzene rings is 1. The third-order valence-electron chi connectivity index (χ3n) is 3.86. The maximum absolute atomic E-state index is 13.0. The van der Waals surface area contributed by atoms with E-state index in [1.165, 1.54) is 37.4 Å². The van der Waals surface area contributed by atoms with Gasteiger partial charge in [0.25, 0.3) is 10.0 Å². The van der Waals surface area contributed by atoms with E-state index in [9.17, 15) is 18.3 Å². The molecule has 158 valence electrons. The first-order chi connectivity index (χ1) is 14.3. The number of halogens is 1. The Morgan fingerprint density at radius 1 is 1.40 bits per heavy atom. The van der Waals surface area contributed by atoms with Crippen molar-refractivity contribution in [3.8, 4) is 23.3 Å². The molecule has 2 N–H and O–H groups in total. The first kappa shape index (κ1) is 21.7. The van der Waals surface area contributed by atoms with E-state index in [0.717, 1.165) is 0 Å². The highest BCUT2D eigenvalue weighted by Crippen LogP contribution is 2.38. The van der Waals surface area contributed by atoms with Gasteiger partial charge in [0.05, 0.1) is 19.2 Å². The standard InChI is InChI=1S/C19H17ClN2O7S/c1-27-17(23)8-3-2-5-12-13(9-10-16(20)21-12)22-30(25,26)15-7-4-6-14-19(15)28-11-18(24)29-14/h4,6-7,9-10,18,22,24H,3,8,11H2,1H3. The van der Waals surface area contributed by atoms with Crippen LogP contribution in [0, 0.1) is 11.8 Å². The zero-order valence-electron chi connectivity index (χ0n) is 15.7. The Bertz CT molecular complexity index is 1130. The van der Waals surface area contributed by atoms with Crippen LogP contribution in [0.5, 0.6) is 11.5 Å². The summed E-state index contributed by atoms with van der Waals surface area (Å²) in [5, 5.41) is 9.65. The predicted molar refractivity (Wildman–Crippen MR) is 107 cm³/mol. The summed E-state index contributed by atoms with van der Waals surface area (Å²) < 4.78 is 43.4. The van der Waals surface area contributed by atoms with Gasteiger partial charge in [-0.1, -0.05) is 23.6 Å². The number of sulfonamides is 1. The Labute approximate surface area is 178 Å². The smallest absolute Gasteiger partial charge is 0.306 e. The van der Waals surface area contributed by atoms with Gasteiger partial charge in [0.1, 0.15) is 15.7 Å². The number of aliphatic hydroxyl groups is 1. The van der Waals surface area contributed by atoms with Crippen molar-refractivity contribution >= 4 is 33.3 Å². The number of hydrogen-bond acceptors (Lipinski definition) is 8. The van der Waals surface area contributed by atoms with Crippen LogP contribution in [-0.2, 0) is 19.6 Å². The molecule has 11 heteroatoms. The Morgan fingerprint density at radius 3 is 2.97 bits per heavy atom. The molecular formula is C19H17ClN2O7S. The van der Waals surface area contributed by atoms with E-state index in [4.69, 9.17) is 21.1 Å². The molecular weight excluding hydrogens is 436 g/mol. The number of para-hydroxylation sites is 1. The molecule has 1 atom stereocenters. The van der Waals surface area contributed by atoms with Gasteiger partial charge in [-0.15, -0.1) is 0 Å². The van der Waals surface area contributed by atoms with Crippen LogP contribution in [0.25, 0.3) is 0 Å². The maximum Gasteiger partial charge on any atom is 0.306 e. The Morgan fingerprint density at radius 2 is 2.20 bits per heavy atom. The molecule has 0 fully saturated rings. The number of carbonyl (C=O) groups excluding carboxylic acids is 1. The number of methoxy groups -OCH3 is 1. The summed E-state index contributed by atoms with van der Waals surface area (Å²) in [6, 6.07) is 7.12. The minimum Gasteiger partial charge on any atom is -0.482 e. The van der Waals surface area contributed by atoms with Crippen molar-refractivity contribution in [1.29, 1.82) is 0 Å². The number of nitrogens with one attached hydrogen (secondary N) is 1. The molecule has 1 unspecified atom stereocenters. The van der Waals surface area contributed by atoms with Crippen LogP contribution in [0.15, 0.2) is 35.2 Å². The van der Waals surface area contributed by atoms with Crippen LogP contribution in [-0.4, -0.2) is 44.5 Å². The van der Waals surface area contributed by atoms with Gasteiger partial charge in [0.2, 0.25) is 6.29 Å². The molecule has 9 nitrogen and oxygen atoms in total. The van der Waals surface area contributed by atoms with E-state index < -0.39 is 22.3 Å². The lowest BCUT2D eigenvalue weighted by Gasteiger charge is -2.24. The molecule has 1 aliphatic heterocycles. The second-order valence-electron chi connectivity index (χ2n) is 5.98. The molecule has 3 rings (SSSR count). The zero-order valence-corrected chi connectivity index (χ0v) is 17.3. The lowest BCUT2D eigenvalue weighted by Crippen LogP contribution is -2.29. The average Bonchev–Trinajstić information content (AvgIpc) is 2.72. The summed E-state index contributed by atoms with van der Waals surface area (Å²) >= 11 is 5.91. The van der Waals surface area contributed by atoms with E-state index >= 15 is 0 Å². The van der Waals surface area contributed by atoms with E-state index in [1.807, 2.05) is 0 Å². The number of nitrogens with zero attached hydrogens (tertiary/aromatic N) is 1. The molecule has 0 amide bonds. The second-order valence-corrected chi connectivity index (χ2v) is 8.02. The number of ether oxygens (including phenoxy) is 3. The van der Waals surface area contributed by atoms with Gasteiger partial charge in [0, 0.05) is 6.42 Å². The molecule has 1 aliphatic rings. The first-order valence-corrected chi connectivity index (χ1v) is 10.5. The number of esters is 1. The lowest BCUT2D eigenvalue weighted by atomic mass is 10.2. The van der Waals surface area contributed by atoms with E-state index in [2.05, 4.69) is 26.3 Å². The number of rotatable bonds is 5. The molecule has 0 bridgehead atoms. The number of fused-ring (bicyclic) bond motifs is 1. The fourth-order valence-corrected chi connectivity index (χ4v) is 3.88. The summed E-state index contributed by atoms with van der Waals surface area (Å²) in [6.45, 7) is -0.209. The van der Waals surface area contributed by atoms with Gasteiger partial charge in [-0.05, 0) is 30.2 Å². The third-order valence-corrected chi connectivity index (χ3v) is 5.46. The minimum atomic E-state index is -4.12. The summed E-state index contributed by atoms with van der Waals surface area (Å²) in [4.78, 5) is 15.0. The van der Waals surface area contributed by atoms with Crippen LogP contribution >= 0.6 is 11.6 Å². The fraction of sp³-hybridized carbons (Fsp3) is 0.263. The van der Waals surface area contributed by atoms with Crippen LogP contribution in [0.2, 0.25) is 5.15 Å². The quantitative estimate of drug-likeness (QED) is 0.400. The second kappa shape index (κ2) is 9.21. The number of aliphatic hydroxyl groups excluding tert-OH is 1. The molecule has 0 aliphatic carbocycles. The van der Waals surface area contributed by atoms with E-state index in [-0.39, 0.29) is 52.4 Å². The number of pyridine rings is 1. The molecule has 0 spiro atoms. The molecule has 0 radical (unpaired) electrons. The molecule has 1 aromatic heterocycles. The Hall–Kier alpha value is -3.00. The monoisotopic (exact) mass is 452 g/mol. The van der Waals surface area contributed by atoms with Crippen LogP contribution < -0.4 is 14.2 Å². The highest BCUT2D eigenvalue weighted by Gasteiger charge is 2.28. The Kier molecular flexibility index (Phi) is 6.66. The van der Waals surface area contributed by atoms with Crippen molar-refractivity contribution < 1.29 is 32.5 Å². The average molecular weight is 453 g/mol. The van der Waals surface area contributed by atoms with Crippen LogP contribution in [0.1, 0.15) is 18.5 Å². The Balaban J connectivity index is 1.89. The maximum atomic E-state index is 13.0. The molecule has 0 saturated carbocycles. The first-order valence-electron chi connectivity index (χ1n) is 8.66. The van der Waals surface area contributed by atoms with Gasteiger partial charge in [-0.25, -0.2) is 13.4 Å². The fourth-order valence-electron chi connectivity index (χ4n) is 2.50.